The lowest BCUT2D eigenvalue weighted by Crippen LogP contribution is -2.54. The van der Waals surface area contributed by atoms with Gasteiger partial charge in [0.1, 0.15) is 0 Å². The van der Waals surface area contributed by atoms with E-state index >= 15 is 0 Å². The molecular weight excluding hydrogens is 194 g/mol. The monoisotopic (exact) mass is 215 g/mol. The summed E-state index contributed by atoms with van der Waals surface area (Å²) in [7, 11) is -0.568. The van der Waals surface area contributed by atoms with Crippen LogP contribution in [0.4, 0.5) is 0 Å². The molecule has 1 aliphatic heterocycles. The molecule has 0 aromatic rings. The van der Waals surface area contributed by atoms with Crippen molar-refractivity contribution in [1.82, 2.24) is 5.32 Å². The molecule has 1 saturated heterocycles. The Hall–Kier alpha value is 0.110. The first-order valence-electron chi connectivity index (χ1n) is 5.90. The van der Waals surface area contributed by atoms with Crippen LogP contribution >= 0.6 is 0 Å². The van der Waals surface area contributed by atoms with Crippen molar-refractivity contribution in [3.8, 4) is 0 Å². The third kappa shape index (κ3) is 2.37. The van der Waals surface area contributed by atoms with Gasteiger partial charge in [0.05, 0.1) is 5.25 Å². The summed E-state index contributed by atoms with van der Waals surface area (Å²) in [4.78, 5) is 0. The second-order valence-electron chi connectivity index (χ2n) is 4.75. The molecule has 0 aromatic heterocycles. The number of rotatable bonds is 0. The first-order chi connectivity index (χ1) is 6.77. The van der Waals surface area contributed by atoms with E-state index in [0.29, 0.717) is 17.3 Å². The van der Waals surface area contributed by atoms with E-state index < -0.39 is 10.8 Å². The fraction of sp³-hybridized carbons (Fsp3) is 1.00. The van der Waals surface area contributed by atoms with E-state index in [1.807, 2.05) is 0 Å². The van der Waals surface area contributed by atoms with Crippen molar-refractivity contribution >= 4 is 10.8 Å². The lowest BCUT2D eigenvalue weighted by Gasteiger charge is -2.37. The van der Waals surface area contributed by atoms with Gasteiger partial charge in [0.15, 0.2) is 0 Å². The molecule has 4 atom stereocenters. The van der Waals surface area contributed by atoms with Gasteiger partial charge in [0, 0.05) is 28.6 Å². The Morgan fingerprint density at radius 1 is 1.14 bits per heavy atom. The molecule has 1 aliphatic carbocycles. The van der Waals surface area contributed by atoms with E-state index in [0.717, 1.165) is 5.75 Å². The van der Waals surface area contributed by atoms with Gasteiger partial charge in [-0.1, -0.05) is 25.7 Å². The molecule has 3 heteroatoms. The first kappa shape index (κ1) is 10.6. The topological polar surface area (TPSA) is 29.1 Å². The Bertz CT molecular complexity index is 219. The van der Waals surface area contributed by atoms with E-state index in [9.17, 15) is 4.21 Å². The van der Waals surface area contributed by atoms with Crippen LogP contribution in [0, 0.1) is 0 Å². The summed E-state index contributed by atoms with van der Waals surface area (Å²) in [6.45, 7) is 2.16. The van der Waals surface area contributed by atoms with Gasteiger partial charge < -0.3 is 5.32 Å². The number of nitrogens with one attached hydrogen (secondary N) is 1. The fourth-order valence-electron chi connectivity index (χ4n) is 2.74. The highest BCUT2D eigenvalue weighted by atomic mass is 32.2. The summed E-state index contributed by atoms with van der Waals surface area (Å²) in [5.74, 6) is 0.862. The highest BCUT2D eigenvalue weighted by molar-refractivity contribution is 7.85. The zero-order chi connectivity index (χ0) is 9.97. The number of hydrogen-bond acceptors (Lipinski definition) is 2. The zero-order valence-corrected chi connectivity index (χ0v) is 9.81. The van der Waals surface area contributed by atoms with Crippen LogP contribution in [0.5, 0.6) is 0 Å². The quantitative estimate of drug-likeness (QED) is 0.668. The molecular formula is C11H21NOS. The molecule has 1 heterocycles. The van der Waals surface area contributed by atoms with Crippen molar-refractivity contribution in [2.75, 3.05) is 5.75 Å². The van der Waals surface area contributed by atoms with E-state index in [-0.39, 0.29) is 0 Å². The molecule has 0 bridgehead atoms. The normalized spacial score (nSPS) is 44.9. The summed E-state index contributed by atoms with van der Waals surface area (Å²) >= 11 is 0. The van der Waals surface area contributed by atoms with Crippen molar-refractivity contribution in [1.29, 1.82) is 0 Å². The first-order valence-corrected chi connectivity index (χ1v) is 7.29. The molecule has 2 fully saturated rings. The van der Waals surface area contributed by atoms with Crippen molar-refractivity contribution in [2.24, 2.45) is 0 Å². The van der Waals surface area contributed by atoms with Crippen LogP contribution in [-0.2, 0) is 10.8 Å². The highest BCUT2D eigenvalue weighted by Gasteiger charge is 2.33. The highest BCUT2D eigenvalue weighted by Crippen LogP contribution is 2.25. The van der Waals surface area contributed by atoms with Crippen molar-refractivity contribution in [3.05, 3.63) is 0 Å². The summed E-state index contributed by atoms with van der Waals surface area (Å²) < 4.78 is 12.0. The molecule has 2 nitrogen and oxygen atoms in total. The molecule has 14 heavy (non-hydrogen) atoms. The van der Waals surface area contributed by atoms with Crippen LogP contribution in [-0.4, -0.2) is 27.3 Å². The second-order valence-corrected chi connectivity index (χ2v) is 6.45. The molecule has 82 valence electrons. The van der Waals surface area contributed by atoms with Crippen LogP contribution in [0.3, 0.4) is 0 Å². The van der Waals surface area contributed by atoms with Gasteiger partial charge in [-0.05, 0) is 19.8 Å². The van der Waals surface area contributed by atoms with E-state index in [1.165, 1.54) is 38.5 Å². The van der Waals surface area contributed by atoms with Gasteiger partial charge in [-0.3, -0.25) is 4.21 Å². The van der Waals surface area contributed by atoms with Gasteiger partial charge in [0.25, 0.3) is 0 Å². The van der Waals surface area contributed by atoms with E-state index in [1.54, 1.807) is 0 Å². The number of fused-ring (bicyclic) bond motifs is 1. The van der Waals surface area contributed by atoms with Crippen molar-refractivity contribution in [2.45, 2.75) is 62.8 Å². The summed E-state index contributed by atoms with van der Waals surface area (Å²) in [6.07, 6.45) is 7.72. The average Bonchev–Trinajstić information content (AvgIpc) is 2.07. The number of hydrogen-bond donors (Lipinski definition) is 1. The van der Waals surface area contributed by atoms with Gasteiger partial charge >= 0.3 is 0 Å². The molecule has 4 unspecified atom stereocenters. The van der Waals surface area contributed by atoms with Gasteiger partial charge in [-0.2, -0.15) is 0 Å². The SMILES string of the molecule is CC1CS(=O)C2CCCCCCC2N1. The molecule has 1 saturated carbocycles. The Labute approximate surface area is 89.3 Å². The lowest BCUT2D eigenvalue weighted by atomic mass is 9.95. The second kappa shape index (κ2) is 4.75. The van der Waals surface area contributed by atoms with Crippen molar-refractivity contribution < 1.29 is 4.21 Å². The Morgan fingerprint density at radius 2 is 1.86 bits per heavy atom. The predicted octanol–water partition coefficient (Wildman–Crippen LogP) is 1.82. The molecule has 0 amide bonds. The zero-order valence-electron chi connectivity index (χ0n) is 9.00. The molecule has 0 radical (unpaired) electrons. The maximum atomic E-state index is 12.0. The summed E-state index contributed by atoms with van der Waals surface area (Å²) in [5, 5.41) is 4.07. The average molecular weight is 215 g/mol. The Morgan fingerprint density at radius 3 is 2.64 bits per heavy atom. The Kier molecular flexibility index (Phi) is 3.61. The third-order valence-corrected chi connectivity index (χ3v) is 5.52. The molecule has 2 aliphatic rings. The van der Waals surface area contributed by atoms with Crippen LogP contribution in [0.15, 0.2) is 0 Å². The maximum Gasteiger partial charge on any atom is 0.0501 e. The lowest BCUT2D eigenvalue weighted by molar-refractivity contribution is 0.359. The minimum absolute atomic E-state index is 0.450. The van der Waals surface area contributed by atoms with Crippen LogP contribution in [0.2, 0.25) is 0 Å². The molecule has 0 aromatic carbocycles. The van der Waals surface area contributed by atoms with Gasteiger partial charge in [-0.25, -0.2) is 0 Å². The molecule has 2 rings (SSSR count). The van der Waals surface area contributed by atoms with E-state index in [2.05, 4.69) is 12.2 Å². The van der Waals surface area contributed by atoms with Crippen molar-refractivity contribution in [3.63, 3.8) is 0 Å². The summed E-state index contributed by atoms with van der Waals surface area (Å²) in [6, 6.07) is 0.997. The molecule has 0 spiro atoms. The minimum atomic E-state index is -0.568. The Balaban J connectivity index is 2.03. The van der Waals surface area contributed by atoms with E-state index in [4.69, 9.17) is 0 Å². The predicted molar refractivity (Wildman–Crippen MR) is 60.9 cm³/mol. The van der Waals surface area contributed by atoms with Crippen LogP contribution in [0.1, 0.15) is 45.4 Å². The fourth-order valence-corrected chi connectivity index (χ4v) is 4.59. The maximum absolute atomic E-state index is 12.0. The standard InChI is InChI=1S/C11H21NOS/c1-9-8-14(13)11-7-5-3-2-4-6-10(11)12-9/h9-12H,2-8H2,1H3. The van der Waals surface area contributed by atoms with Crippen LogP contribution < -0.4 is 5.32 Å². The van der Waals surface area contributed by atoms with Gasteiger partial charge in [-0.15, -0.1) is 0 Å². The summed E-state index contributed by atoms with van der Waals surface area (Å²) in [5.41, 5.74) is 0. The smallest absolute Gasteiger partial charge is 0.0501 e. The largest absolute Gasteiger partial charge is 0.309 e. The van der Waals surface area contributed by atoms with Gasteiger partial charge in [0.2, 0.25) is 0 Å². The van der Waals surface area contributed by atoms with Crippen LogP contribution in [0.25, 0.3) is 0 Å². The third-order valence-electron chi connectivity index (χ3n) is 3.45. The minimum Gasteiger partial charge on any atom is -0.309 e. The molecule has 1 N–H and O–H groups in total.